The van der Waals surface area contributed by atoms with E-state index in [4.69, 9.17) is 0 Å². The Morgan fingerprint density at radius 3 is 2.84 bits per heavy atom. The van der Waals surface area contributed by atoms with Crippen molar-refractivity contribution in [3.8, 4) is 0 Å². The molecule has 5 nitrogen and oxygen atoms in total. The van der Waals surface area contributed by atoms with Crippen LogP contribution in [0.3, 0.4) is 0 Å². The van der Waals surface area contributed by atoms with Gasteiger partial charge in [-0.15, -0.1) is 0 Å². The minimum Gasteiger partial charge on any atom is -0.346 e. The van der Waals surface area contributed by atoms with E-state index in [1.165, 1.54) is 25.9 Å². The summed E-state index contributed by atoms with van der Waals surface area (Å²) in [5.41, 5.74) is 0.638. The van der Waals surface area contributed by atoms with Gasteiger partial charge in [-0.25, -0.2) is 0 Å². The molecule has 1 atom stereocenters. The normalized spacial score (nSPS) is 29.5. The summed E-state index contributed by atoms with van der Waals surface area (Å²) in [5, 5.41) is 7.39. The fraction of sp³-hybridized carbons (Fsp3) is 0.692. The van der Waals surface area contributed by atoms with Crippen LogP contribution in [0.25, 0.3) is 0 Å². The number of hydrogen-bond acceptors (Lipinski definition) is 3. The predicted molar refractivity (Wildman–Crippen MR) is 76.0 cm³/mol. The van der Waals surface area contributed by atoms with Crippen LogP contribution in [0.1, 0.15) is 30.3 Å². The van der Waals surface area contributed by atoms with Crippen molar-refractivity contribution < 1.29 is 4.79 Å². The first-order valence-corrected chi connectivity index (χ1v) is 7.73. The van der Waals surface area contributed by atoms with Gasteiger partial charge in [0.05, 0.1) is 10.7 Å². The standard InChI is InChI=1S/C13H19BrN4O/c1-2-18-12(10(14)7-15-18)13(19)16-11-8-17-5-3-9(11)4-6-17/h7,9,11H,2-6,8H2,1H3,(H,16,19). The first-order valence-electron chi connectivity index (χ1n) is 6.93. The molecule has 1 N–H and O–H groups in total. The maximum Gasteiger partial charge on any atom is 0.271 e. The summed E-state index contributed by atoms with van der Waals surface area (Å²) in [6.07, 6.45) is 4.10. The Bertz CT molecular complexity index is 479. The van der Waals surface area contributed by atoms with Gasteiger partial charge in [0, 0.05) is 19.1 Å². The zero-order valence-corrected chi connectivity index (χ0v) is 12.7. The van der Waals surface area contributed by atoms with Gasteiger partial charge in [-0.3, -0.25) is 9.48 Å². The average Bonchev–Trinajstić information content (AvgIpc) is 2.81. The molecule has 0 aromatic carbocycles. The highest BCUT2D eigenvalue weighted by Gasteiger charge is 2.35. The maximum absolute atomic E-state index is 12.4. The lowest BCUT2D eigenvalue weighted by molar-refractivity contribution is 0.0614. The summed E-state index contributed by atoms with van der Waals surface area (Å²) in [4.78, 5) is 14.9. The summed E-state index contributed by atoms with van der Waals surface area (Å²) >= 11 is 3.41. The molecular weight excluding hydrogens is 308 g/mol. The van der Waals surface area contributed by atoms with Gasteiger partial charge >= 0.3 is 0 Å². The van der Waals surface area contributed by atoms with Gasteiger partial charge in [0.25, 0.3) is 5.91 Å². The lowest BCUT2D eigenvalue weighted by Crippen LogP contribution is -2.57. The molecule has 19 heavy (non-hydrogen) atoms. The first kappa shape index (κ1) is 13.1. The summed E-state index contributed by atoms with van der Waals surface area (Å²) < 4.78 is 2.51. The fourth-order valence-corrected chi connectivity index (χ4v) is 3.67. The molecule has 1 aromatic heterocycles. The molecule has 0 radical (unpaired) electrons. The summed E-state index contributed by atoms with van der Waals surface area (Å²) in [6.45, 7) is 6.06. The number of hydrogen-bond donors (Lipinski definition) is 1. The van der Waals surface area contributed by atoms with E-state index in [-0.39, 0.29) is 5.91 Å². The van der Waals surface area contributed by atoms with Crippen molar-refractivity contribution in [2.24, 2.45) is 5.92 Å². The van der Waals surface area contributed by atoms with Crippen molar-refractivity contribution in [3.63, 3.8) is 0 Å². The van der Waals surface area contributed by atoms with Gasteiger partial charge in [-0.2, -0.15) is 5.10 Å². The van der Waals surface area contributed by atoms with E-state index in [2.05, 4.69) is 31.2 Å². The quantitative estimate of drug-likeness (QED) is 0.915. The predicted octanol–water partition coefficient (Wildman–Crippen LogP) is 1.49. The lowest BCUT2D eigenvalue weighted by Gasteiger charge is -2.44. The van der Waals surface area contributed by atoms with Crippen LogP contribution < -0.4 is 5.32 Å². The smallest absolute Gasteiger partial charge is 0.271 e. The minimum atomic E-state index is -0.00928. The molecule has 6 heteroatoms. The van der Waals surface area contributed by atoms with Crippen LogP contribution in [0.2, 0.25) is 0 Å². The second kappa shape index (κ2) is 5.25. The fourth-order valence-electron chi connectivity index (χ4n) is 3.19. The van der Waals surface area contributed by atoms with Crippen molar-refractivity contribution in [1.29, 1.82) is 0 Å². The summed E-state index contributed by atoms with van der Waals surface area (Å²) in [6, 6.07) is 0.294. The van der Waals surface area contributed by atoms with Crippen LogP contribution in [-0.4, -0.2) is 46.3 Å². The Labute approximate surface area is 121 Å². The van der Waals surface area contributed by atoms with E-state index in [0.717, 1.165) is 11.0 Å². The number of nitrogens with zero attached hydrogens (tertiary/aromatic N) is 3. The van der Waals surface area contributed by atoms with Crippen LogP contribution >= 0.6 is 15.9 Å². The third-order valence-electron chi connectivity index (χ3n) is 4.28. The molecule has 1 aromatic rings. The van der Waals surface area contributed by atoms with Gasteiger partial charge in [-0.05, 0) is 54.7 Å². The molecule has 3 saturated heterocycles. The van der Waals surface area contributed by atoms with Gasteiger partial charge in [0.2, 0.25) is 0 Å². The highest BCUT2D eigenvalue weighted by Crippen LogP contribution is 2.28. The SMILES string of the molecule is CCn1ncc(Br)c1C(=O)NC1CN2CCC1CC2. The number of piperidine rings is 3. The third-order valence-corrected chi connectivity index (χ3v) is 4.86. The zero-order valence-electron chi connectivity index (χ0n) is 11.1. The number of rotatable bonds is 3. The number of fused-ring (bicyclic) bond motifs is 3. The molecule has 104 valence electrons. The van der Waals surface area contributed by atoms with Gasteiger partial charge in [0.15, 0.2) is 0 Å². The van der Waals surface area contributed by atoms with E-state index in [1.807, 2.05) is 6.92 Å². The van der Waals surface area contributed by atoms with Crippen LogP contribution in [0.4, 0.5) is 0 Å². The highest BCUT2D eigenvalue weighted by molar-refractivity contribution is 9.10. The molecule has 0 aliphatic carbocycles. The van der Waals surface area contributed by atoms with Crippen LogP contribution in [0.15, 0.2) is 10.7 Å². The van der Waals surface area contributed by atoms with E-state index >= 15 is 0 Å². The number of aryl methyl sites for hydroxylation is 1. The number of amides is 1. The molecule has 4 heterocycles. The number of aromatic nitrogens is 2. The molecule has 1 unspecified atom stereocenters. The van der Waals surface area contributed by atoms with Crippen LogP contribution in [0.5, 0.6) is 0 Å². The minimum absolute atomic E-state index is 0.00928. The van der Waals surface area contributed by atoms with Crippen molar-refractivity contribution >= 4 is 21.8 Å². The van der Waals surface area contributed by atoms with E-state index in [1.54, 1.807) is 10.9 Å². The highest BCUT2D eigenvalue weighted by atomic mass is 79.9. The molecule has 0 spiro atoms. The van der Waals surface area contributed by atoms with E-state index < -0.39 is 0 Å². The molecule has 3 aliphatic heterocycles. The lowest BCUT2D eigenvalue weighted by atomic mass is 9.84. The number of halogens is 1. The number of carbonyl (C=O) groups excluding carboxylic acids is 1. The molecular formula is C13H19BrN4O. The topological polar surface area (TPSA) is 50.2 Å². The molecule has 3 fully saturated rings. The Morgan fingerprint density at radius 1 is 1.53 bits per heavy atom. The second-order valence-electron chi connectivity index (χ2n) is 5.37. The van der Waals surface area contributed by atoms with Crippen LogP contribution in [0, 0.1) is 5.92 Å². The van der Waals surface area contributed by atoms with Gasteiger partial charge < -0.3 is 10.2 Å². The maximum atomic E-state index is 12.4. The number of carbonyl (C=O) groups is 1. The zero-order chi connectivity index (χ0) is 13.4. The second-order valence-corrected chi connectivity index (χ2v) is 6.23. The molecule has 1 amide bonds. The summed E-state index contributed by atoms with van der Waals surface area (Å²) in [7, 11) is 0. The third kappa shape index (κ3) is 2.43. The largest absolute Gasteiger partial charge is 0.346 e. The van der Waals surface area contributed by atoms with Crippen molar-refractivity contribution in [2.45, 2.75) is 32.4 Å². The average molecular weight is 327 g/mol. The first-order chi connectivity index (χ1) is 9.19. The van der Waals surface area contributed by atoms with E-state index in [9.17, 15) is 4.79 Å². The van der Waals surface area contributed by atoms with Gasteiger partial charge in [0.1, 0.15) is 5.69 Å². The Morgan fingerprint density at radius 2 is 2.26 bits per heavy atom. The van der Waals surface area contributed by atoms with Gasteiger partial charge in [-0.1, -0.05) is 0 Å². The van der Waals surface area contributed by atoms with Crippen molar-refractivity contribution in [1.82, 2.24) is 20.0 Å². The van der Waals surface area contributed by atoms with E-state index in [0.29, 0.717) is 24.2 Å². The number of nitrogens with one attached hydrogen (secondary N) is 1. The molecule has 0 saturated carbocycles. The Hall–Kier alpha value is -0.880. The van der Waals surface area contributed by atoms with Crippen molar-refractivity contribution in [3.05, 3.63) is 16.4 Å². The Balaban J connectivity index is 1.73. The Kier molecular flexibility index (Phi) is 3.62. The summed E-state index contributed by atoms with van der Waals surface area (Å²) in [5.74, 6) is 0.635. The van der Waals surface area contributed by atoms with Crippen molar-refractivity contribution in [2.75, 3.05) is 19.6 Å². The monoisotopic (exact) mass is 326 g/mol. The molecule has 4 rings (SSSR count). The van der Waals surface area contributed by atoms with Crippen LogP contribution in [-0.2, 0) is 6.54 Å². The molecule has 3 aliphatic rings. The molecule has 2 bridgehead atoms.